The van der Waals surface area contributed by atoms with E-state index in [0.717, 1.165) is 44.6 Å². The first-order valence-electron chi connectivity index (χ1n) is 6.74. The Morgan fingerprint density at radius 1 is 1.35 bits per heavy atom. The molecule has 3 nitrogen and oxygen atoms in total. The summed E-state index contributed by atoms with van der Waals surface area (Å²) in [6.45, 7) is 1.14. The third-order valence-corrected chi connectivity index (χ3v) is 3.84. The normalized spacial score (nSPS) is 30.9. The second kappa shape index (κ2) is 6.07. The van der Waals surface area contributed by atoms with Crippen molar-refractivity contribution < 1.29 is 4.79 Å². The maximum absolute atomic E-state index is 11.7. The minimum atomic E-state index is 0.202. The molecular weight excluding hydrogens is 212 g/mol. The van der Waals surface area contributed by atoms with Crippen molar-refractivity contribution >= 4 is 5.91 Å². The summed E-state index contributed by atoms with van der Waals surface area (Å²) in [5, 5.41) is 6.67. The van der Waals surface area contributed by atoms with Crippen LogP contribution in [0.3, 0.4) is 0 Å². The standard InChI is InChI=1S/C14H22N2O/c1-2-3-4-5-6-14(17)16-13-8-11-7-12(9-13)15-10-11/h1,11-13,15H,3-10H2,(H,16,17). The smallest absolute Gasteiger partial charge is 0.220 e. The summed E-state index contributed by atoms with van der Waals surface area (Å²) in [4.78, 5) is 11.7. The molecule has 1 amide bonds. The average Bonchev–Trinajstić information content (AvgIpc) is 2.64. The highest BCUT2D eigenvalue weighted by Crippen LogP contribution is 2.29. The molecule has 1 saturated carbocycles. The first-order valence-corrected chi connectivity index (χ1v) is 6.74. The average molecular weight is 234 g/mol. The highest BCUT2D eigenvalue weighted by atomic mass is 16.1. The van der Waals surface area contributed by atoms with E-state index in [0.29, 0.717) is 18.5 Å². The largest absolute Gasteiger partial charge is 0.353 e. The number of rotatable bonds is 5. The number of hydrogen-bond donors (Lipinski definition) is 2. The molecule has 3 atom stereocenters. The number of unbranched alkanes of at least 4 members (excludes halogenated alkanes) is 2. The zero-order valence-corrected chi connectivity index (χ0v) is 10.4. The van der Waals surface area contributed by atoms with E-state index in [-0.39, 0.29) is 5.91 Å². The number of terminal acetylenes is 1. The lowest BCUT2D eigenvalue weighted by molar-refractivity contribution is -0.122. The fourth-order valence-corrected chi connectivity index (χ4v) is 3.03. The SMILES string of the molecule is C#CCCCCC(=O)NC1CC2CNC(C2)C1. The summed E-state index contributed by atoms with van der Waals surface area (Å²) in [5.41, 5.74) is 0. The van der Waals surface area contributed by atoms with Gasteiger partial charge in [-0.25, -0.2) is 0 Å². The lowest BCUT2D eigenvalue weighted by Gasteiger charge is -2.27. The first-order chi connectivity index (χ1) is 8.28. The van der Waals surface area contributed by atoms with Gasteiger partial charge in [0, 0.05) is 24.9 Å². The van der Waals surface area contributed by atoms with Gasteiger partial charge in [-0.3, -0.25) is 4.79 Å². The van der Waals surface area contributed by atoms with Crippen molar-refractivity contribution in [3.8, 4) is 12.3 Å². The Morgan fingerprint density at radius 2 is 2.24 bits per heavy atom. The number of hydrogen-bond acceptors (Lipinski definition) is 2. The van der Waals surface area contributed by atoms with E-state index in [1.807, 2.05) is 0 Å². The van der Waals surface area contributed by atoms with E-state index >= 15 is 0 Å². The second-order valence-corrected chi connectivity index (χ2v) is 5.35. The Kier molecular flexibility index (Phi) is 4.44. The van der Waals surface area contributed by atoms with Crippen molar-refractivity contribution in [1.29, 1.82) is 0 Å². The zero-order valence-electron chi connectivity index (χ0n) is 10.4. The van der Waals surface area contributed by atoms with Crippen molar-refractivity contribution in [3.63, 3.8) is 0 Å². The van der Waals surface area contributed by atoms with Gasteiger partial charge < -0.3 is 10.6 Å². The molecule has 1 aliphatic carbocycles. The molecular formula is C14H22N2O. The number of carbonyl (C=O) groups excluding carboxylic acids is 1. The van der Waals surface area contributed by atoms with Gasteiger partial charge >= 0.3 is 0 Å². The van der Waals surface area contributed by atoms with Crippen LogP contribution in [0.1, 0.15) is 44.9 Å². The quantitative estimate of drug-likeness (QED) is 0.558. The van der Waals surface area contributed by atoms with E-state index in [1.165, 1.54) is 6.42 Å². The molecule has 1 saturated heterocycles. The molecule has 3 heteroatoms. The molecule has 2 N–H and O–H groups in total. The number of fused-ring (bicyclic) bond motifs is 2. The minimum Gasteiger partial charge on any atom is -0.353 e. The van der Waals surface area contributed by atoms with Gasteiger partial charge in [-0.05, 0) is 44.6 Å². The zero-order chi connectivity index (χ0) is 12.1. The summed E-state index contributed by atoms with van der Waals surface area (Å²) >= 11 is 0. The molecule has 1 aliphatic heterocycles. The molecule has 0 radical (unpaired) electrons. The lowest BCUT2D eigenvalue weighted by atomic mass is 9.86. The van der Waals surface area contributed by atoms with Crippen LogP contribution in [0.2, 0.25) is 0 Å². The maximum Gasteiger partial charge on any atom is 0.220 e. The molecule has 2 bridgehead atoms. The van der Waals surface area contributed by atoms with E-state index in [1.54, 1.807) is 0 Å². The maximum atomic E-state index is 11.7. The number of amides is 1. The summed E-state index contributed by atoms with van der Waals surface area (Å²) < 4.78 is 0. The van der Waals surface area contributed by atoms with Gasteiger partial charge in [-0.1, -0.05) is 0 Å². The van der Waals surface area contributed by atoms with Gasteiger partial charge in [0.2, 0.25) is 5.91 Å². The lowest BCUT2D eigenvalue weighted by Crippen LogP contribution is -2.41. The summed E-state index contributed by atoms with van der Waals surface area (Å²) in [5.74, 6) is 3.58. The third-order valence-electron chi connectivity index (χ3n) is 3.84. The Bertz CT molecular complexity index is 296. The number of nitrogens with one attached hydrogen (secondary N) is 2. The van der Waals surface area contributed by atoms with Crippen LogP contribution in [0.15, 0.2) is 0 Å². The van der Waals surface area contributed by atoms with Crippen molar-refractivity contribution in [2.75, 3.05) is 6.54 Å². The van der Waals surface area contributed by atoms with E-state index in [2.05, 4.69) is 16.6 Å². The monoisotopic (exact) mass is 234 g/mol. The van der Waals surface area contributed by atoms with Crippen molar-refractivity contribution in [2.45, 2.75) is 57.0 Å². The van der Waals surface area contributed by atoms with Gasteiger partial charge in [0.05, 0.1) is 0 Å². The van der Waals surface area contributed by atoms with Crippen LogP contribution < -0.4 is 10.6 Å². The highest BCUT2D eigenvalue weighted by molar-refractivity contribution is 5.76. The van der Waals surface area contributed by atoms with Gasteiger partial charge in [0.1, 0.15) is 0 Å². The van der Waals surface area contributed by atoms with Gasteiger partial charge in [0.25, 0.3) is 0 Å². The summed E-state index contributed by atoms with van der Waals surface area (Å²) in [7, 11) is 0. The minimum absolute atomic E-state index is 0.202. The second-order valence-electron chi connectivity index (χ2n) is 5.35. The highest BCUT2D eigenvalue weighted by Gasteiger charge is 2.34. The van der Waals surface area contributed by atoms with Crippen LogP contribution in [0, 0.1) is 18.3 Å². The molecule has 0 spiro atoms. The Morgan fingerprint density at radius 3 is 3.00 bits per heavy atom. The van der Waals surface area contributed by atoms with Crippen molar-refractivity contribution in [1.82, 2.24) is 10.6 Å². The Hall–Kier alpha value is -1.01. The van der Waals surface area contributed by atoms with E-state index < -0.39 is 0 Å². The topological polar surface area (TPSA) is 41.1 Å². The Balaban J connectivity index is 1.63. The molecule has 2 aliphatic rings. The fourth-order valence-electron chi connectivity index (χ4n) is 3.03. The molecule has 0 aromatic carbocycles. The first kappa shape index (κ1) is 12.4. The van der Waals surface area contributed by atoms with Gasteiger partial charge in [0.15, 0.2) is 0 Å². The van der Waals surface area contributed by atoms with Gasteiger partial charge in [-0.2, -0.15) is 0 Å². The van der Waals surface area contributed by atoms with E-state index in [4.69, 9.17) is 6.42 Å². The molecule has 17 heavy (non-hydrogen) atoms. The number of carbonyl (C=O) groups is 1. The van der Waals surface area contributed by atoms with Gasteiger partial charge in [-0.15, -0.1) is 12.3 Å². The van der Waals surface area contributed by atoms with Crippen LogP contribution in [0.25, 0.3) is 0 Å². The summed E-state index contributed by atoms with van der Waals surface area (Å²) in [6, 6.07) is 1.04. The van der Waals surface area contributed by atoms with Crippen molar-refractivity contribution in [3.05, 3.63) is 0 Å². The Labute approximate surface area is 104 Å². The molecule has 3 unspecified atom stereocenters. The fraction of sp³-hybridized carbons (Fsp3) is 0.786. The predicted molar refractivity (Wildman–Crippen MR) is 68.4 cm³/mol. The van der Waals surface area contributed by atoms with Crippen LogP contribution >= 0.6 is 0 Å². The molecule has 0 aromatic heterocycles. The summed E-state index contributed by atoms with van der Waals surface area (Å²) in [6.07, 6.45) is 12.0. The molecule has 1 heterocycles. The predicted octanol–water partition coefficient (Wildman–Crippen LogP) is 1.44. The van der Waals surface area contributed by atoms with Crippen LogP contribution in [-0.2, 0) is 4.79 Å². The molecule has 0 aromatic rings. The van der Waals surface area contributed by atoms with Crippen LogP contribution in [0.4, 0.5) is 0 Å². The van der Waals surface area contributed by atoms with Crippen LogP contribution in [-0.4, -0.2) is 24.5 Å². The molecule has 2 rings (SSSR count). The van der Waals surface area contributed by atoms with Crippen LogP contribution in [0.5, 0.6) is 0 Å². The van der Waals surface area contributed by atoms with E-state index in [9.17, 15) is 4.79 Å². The molecule has 94 valence electrons. The third kappa shape index (κ3) is 3.74. The van der Waals surface area contributed by atoms with Crippen molar-refractivity contribution in [2.24, 2.45) is 5.92 Å². The molecule has 2 fully saturated rings.